The highest BCUT2D eigenvalue weighted by atomic mass is 16.2. The van der Waals surface area contributed by atoms with Crippen LogP contribution in [-0.4, -0.2) is 35.5 Å². The molecule has 0 bridgehead atoms. The van der Waals surface area contributed by atoms with E-state index in [1.54, 1.807) is 0 Å². The number of nitrogens with zero attached hydrogens (tertiary/aromatic N) is 1. The molecule has 110 valence electrons. The maximum atomic E-state index is 12.8. The number of rotatable bonds is 3. The van der Waals surface area contributed by atoms with E-state index in [-0.39, 0.29) is 17.5 Å². The molecule has 1 saturated heterocycles. The second kappa shape index (κ2) is 5.96. The van der Waals surface area contributed by atoms with Crippen LogP contribution in [-0.2, 0) is 0 Å². The van der Waals surface area contributed by atoms with Gasteiger partial charge in [-0.15, -0.1) is 0 Å². The normalized spacial score (nSPS) is 22.1. The number of hydrogen-bond acceptors (Lipinski definition) is 2. The van der Waals surface area contributed by atoms with Gasteiger partial charge in [0.2, 0.25) is 0 Å². The van der Waals surface area contributed by atoms with Crippen molar-refractivity contribution in [1.29, 1.82) is 0 Å². The minimum atomic E-state index is -0.0160. The van der Waals surface area contributed by atoms with E-state index < -0.39 is 0 Å². The van der Waals surface area contributed by atoms with Crippen LogP contribution < -0.4 is 5.32 Å². The van der Waals surface area contributed by atoms with Crippen molar-refractivity contribution < 1.29 is 4.79 Å². The minimum absolute atomic E-state index is 0.0160. The number of nitrogens with one attached hydrogen (secondary N) is 1. The van der Waals surface area contributed by atoms with Crippen LogP contribution in [0.25, 0.3) is 0 Å². The summed E-state index contributed by atoms with van der Waals surface area (Å²) in [5.74, 6) is 0.750. The molecule has 1 aliphatic rings. The van der Waals surface area contributed by atoms with Crippen LogP contribution >= 0.6 is 0 Å². The fourth-order valence-corrected chi connectivity index (χ4v) is 2.85. The zero-order chi connectivity index (χ0) is 14.8. The maximum absolute atomic E-state index is 12.8. The van der Waals surface area contributed by atoms with E-state index in [9.17, 15) is 4.79 Å². The molecule has 3 nitrogen and oxygen atoms in total. The Morgan fingerprint density at radius 1 is 1.35 bits per heavy atom. The van der Waals surface area contributed by atoms with Crippen LogP contribution in [0.3, 0.4) is 0 Å². The average Bonchev–Trinajstić information content (AvgIpc) is 2.40. The molecule has 0 aliphatic carbocycles. The summed E-state index contributed by atoms with van der Waals surface area (Å²) in [5, 5.41) is 3.56. The maximum Gasteiger partial charge on any atom is 0.254 e. The molecule has 1 atom stereocenters. The van der Waals surface area contributed by atoms with Gasteiger partial charge < -0.3 is 10.2 Å². The van der Waals surface area contributed by atoms with Gasteiger partial charge in [-0.25, -0.2) is 0 Å². The molecule has 1 amide bonds. The first-order valence-electron chi connectivity index (χ1n) is 7.50. The molecule has 1 aromatic rings. The first-order chi connectivity index (χ1) is 9.39. The molecule has 1 aliphatic heterocycles. The van der Waals surface area contributed by atoms with Crippen molar-refractivity contribution in [2.45, 2.75) is 45.7 Å². The van der Waals surface area contributed by atoms with Crippen molar-refractivity contribution in [3.8, 4) is 0 Å². The van der Waals surface area contributed by atoms with Crippen LogP contribution in [0.5, 0.6) is 0 Å². The van der Waals surface area contributed by atoms with Crippen LogP contribution in [0, 0.1) is 5.92 Å². The summed E-state index contributed by atoms with van der Waals surface area (Å²) in [4.78, 5) is 14.8. The molecule has 1 fully saturated rings. The van der Waals surface area contributed by atoms with Crippen molar-refractivity contribution in [3.05, 3.63) is 35.9 Å². The molecule has 1 heterocycles. The third kappa shape index (κ3) is 3.60. The molecular formula is C17H26N2O. The fraction of sp³-hybridized carbons (Fsp3) is 0.588. The quantitative estimate of drug-likeness (QED) is 0.919. The smallest absolute Gasteiger partial charge is 0.254 e. The summed E-state index contributed by atoms with van der Waals surface area (Å²) in [5.41, 5.74) is 0.775. The Bertz CT molecular complexity index is 453. The third-order valence-electron chi connectivity index (χ3n) is 3.85. The Labute approximate surface area is 122 Å². The van der Waals surface area contributed by atoms with Gasteiger partial charge in [0.05, 0.1) is 0 Å². The Balaban J connectivity index is 2.20. The standard InChI is InChI=1S/C17H26N2O/c1-13(2)10-15-11-18-17(3,4)12-19(15)16(20)14-8-6-5-7-9-14/h5-9,13,15,18H,10-12H2,1-4H3. The molecule has 0 radical (unpaired) electrons. The van der Waals surface area contributed by atoms with Crippen molar-refractivity contribution >= 4 is 5.91 Å². The minimum Gasteiger partial charge on any atom is -0.333 e. The molecule has 0 spiro atoms. The largest absolute Gasteiger partial charge is 0.333 e. The monoisotopic (exact) mass is 274 g/mol. The Kier molecular flexibility index (Phi) is 4.48. The lowest BCUT2D eigenvalue weighted by atomic mass is 9.93. The molecule has 1 unspecified atom stereocenters. The van der Waals surface area contributed by atoms with Gasteiger partial charge in [-0.2, -0.15) is 0 Å². The molecule has 3 heteroatoms. The SMILES string of the molecule is CC(C)CC1CNC(C)(C)CN1C(=O)c1ccccc1. The number of carbonyl (C=O) groups is 1. The molecule has 0 saturated carbocycles. The van der Waals surface area contributed by atoms with Gasteiger partial charge in [-0.3, -0.25) is 4.79 Å². The van der Waals surface area contributed by atoms with E-state index >= 15 is 0 Å². The zero-order valence-electron chi connectivity index (χ0n) is 13.0. The van der Waals surface area contributed by atoms with E-state index in [0.29, 0.717) is 5.92 Å². The van der Waals surface area contributed by atoms with Crippen LogP contribution in [0.15, 0.2) is 30.3 Å². The zero-order valence-corrected chi connectivity index (χ0v) is 13.0. The topological polar surface area (TPSA) is 32.3 Å². The first kappa shape index (κ1) is 15.0. The van der Waals surface area contributed by atoms with Gasteiger partial charge in [-0.1, -0.05) is 32.0 Å². The highest BCUT2D eigenvalue weighted by Gasteiger charge is 2.35. The van der Waals surface area contributed by atoms with Gasteiger partial charge in [0, 0.05) is 30.2 Å². The molecule has 2 rings (SSSR count). The van der Waals surface area contributed by atoms with Crippen molar-refractivity contribution in [3.63, 3.8) is 0 Å². The third-order valence-corrected chi connectivity index (χ3v) is 3.85. The molecule has 0 aromatic heterocycles. The Morgan fingerprint density at radius 3 is 2.60 bits per heavy atom. The van der Waals surface area contributed by atoms with Gasteiger partial charge in [0.1, 0.15) is 0 Å². The number of piperazine rings is 1. The summed E-state index contributed by atoms with van der Waals surface area (Å²) in [6, 6.07) is 9.91. The van der Waals surface area contributed by atoms with E-state index in [1.807, 2.05) is 30.3 Å². The van der Waals surface area contributed by atoms with Crippen molar-refractivity contribution in [2.75, 3.05) is 13.1 Å². The van der Waals surface area contributed by atoms with E-state index in [0.717, 1.165) is 25.1 Å². The predicted molar refractivity (Wildman–Crippen MR) is 82.8 cm³/mol. The lowest BCUT2D eigenvalue weighted by molar-refractivity contribution is 0.0468. The second-order valence-corrected chi connectivity index (χ2v) is 6.85. The highest BCUT2D eigenvalue weighted by molar-refractivity contribution is 5.94. The van der Waals surface area contributed by atoms with Crippen LogP contribution in [0.1, 0.15) is 44.5 Å². The molecule has 20 heavy (non-hydrogen) atoms. The second-order valence-electron chi connectivity index (χ2n) is 6.85. The van der Waals surface area contributed by atoms with Gasteiger partial charge in [0.15, 0.2) is 0 Å². The van der Waals surface area contributed by atoms with E-state index in [4.69, 9.17) is 0 Å². The van der Waals surface area contributed by atoms with E-state index in [1.165, 1.54) is 0 Å². The summed E-state index contributed by atoms with van der Waals surface area (Å²) in [7, 11) is 0. The first-order valence-corrected chi connectivity index (χ1v) is 7.50. The summed E-state index contributed by atoms with van der Waals surface area (Å²) in [6.45, 7) is 10.4. The lowest BCUT2D eigenvalue weighted by Gasteiger charge is -2.45. The molecule has 1 N–H and O–H groups in total. The van der Waals surface area contributed by atoms with Gasteiger partial charge in [-0.05, 0) is 38.3 Å². The number of amides is 1. The van der Waals surface area contributed by atoms with Crippen molar-refractivity contribution in [2.24, 2.45) is 5.92 Å². The lowest BCUT2D eigenvalue weighted by Crippen LogP contribution is -2.63. The fourth-order valence-electron chi connectivity index (χ4n) is 2.85. The van der Waals surface area contributed by atoms with Gasteiger partial charge in [0.25, 0.3) is 5.91 Å². The number of hydrogen-bond donors (Lipinski definition) is 1. The number of carbonyl (C=O) groups excluding carboxylic acids is 1. The van der Waals surface area contributed by atoms with Crippen LogP contribution in [0.2, 0.25) is 0 Å². The van der Waals surface area contributed by atoms with Crippen molar-refractivity contribution in [1.82, 2.24) is 10.2 Å². The highest BCUT2D eigenvalue weighted by Crippen LogP contribution is 2.22. The Morgan fingerprint density at radius 2 is 2.00 bits per heavy atom. The van der Waals surface area contributed by atoms with Gasteiger partial charge >= 0.3 is 0 Å². The molecular weight excluding hydrogens is 248 g/mol. The number of benzene rings is 1. The Hall–Kier alpha value is -1.35. The summed E-state index contributed by atoms with van der Waals surface area (Å²) < 4.78 is 0. The average molecular weight is 274 g/mol. The van der Waals surface area contributed by atoms with Crippen LogP contribution in [0.4, 0.5) is 0 Å². The summed E-state index contributed by atoms with van der Waals surface area (Å²) >= 11 is 0. The molecule has 1 aromatic carbocycles. The van der Waals surface area contributed by atoms with E-state index in [2.05, 4.69) is 37.9 Å². The predicted octanol–water partition coefficient (Wildman–Crippen LogP) is 2.93. The summed E-state index contributed by atoms with van der Waals surface area (Å²) in [6.07, 6.45) is 1.04.